The van der Waals surface area contributed by atoms with Gasteiger partial charge in [-0.1, -0.05) is 5.16 Å². The van der Waals surface area contributed by atoms with Crippen molar-refractivity contribution in [2.24, 2.45) is 0 Å². The molecule has 0 amide bonds. The summed E-state index contributed by atoms with van der Waals surface area (Å²) in [5.74, 6) is 0.214. The Morgan fingerprint density at radius 3 is 2.46 bits per heavy atom. The topological polar surface area (TPSA) is 72.3 Å². The zero-order valence-electron chi connectivity index (χ0n) is 6.77. The second-order valence-corrected chi connectivity index (χ2v) is 2.67. The van der Waals surface area contributed by atoms with E-state index in [9.17, 15) is 0 Å². The van der Waals surface area contributed by atoms with E-state index in [0.717, 1.165) is 5.56 Å². The maximum Gasteiger partial charge on any atom is 0.147 e. The van der Waals surface area contributed by atoms with Crippen molar-refractivity contribution in [1.29, 1.82) is 0 Å². The number of aromatic nitrogens is 1. The summed E-state index contributed by atoms with van der Waals surface area (Å²) in [7, 11) is 0. The summed E-state index contributed by atoms with van der Waals surface area (Å²) in [6.07, 6.45) is 1.38. The van der Waals surface area contributed by atoms with Gasteiger partial charge in [0, 0.05) is 5.56 Å². The van der Waals surface area contributed by atoms with Gasteiger partial charge in [0.15, 0.2) is 0 Å². The van der Waals surface area contributed by atoms with Crippen LogP contribution >= 0.6 is 0 Å². The van der Waals surface area contributed by atoms with Gasteiger partial charge in [0.2, 0.25) is 0 Å². The largest absolute Gasteiger partial charge is 0.508 e. The van der Waals surface area contributed by atoms with Crippen molar-refractivity contribution >= 4 is 5.69 Å². The first-order chi connectivity index (χ1) is 6.27. The van der Waals surface area contributed by atoms with Gasteiger partial charge in [-0.3, -0.25) is 0 Å². The van der Waals surface area contributed by atoms with Crippen molar-refractivity contribution < 1.29 is 9.63 Å². The first-order valence-corrected chi connectivity index (χ1v) is 3.76. The summed E-state index contributed by atoms with van der Waals surface area (Å²) in [4.78, 5) is 0. The number of hydrogen-bond donors (Lipinski definition) is 2. The highest BCUT2D eigenvalue weighted by Gasteiger charge is 2.06. The number of phenols is 1. The third-order valence-electron chi connectivity index (χ3n) is 1.74. The Kier molecular flexibility index (Phi) is 1.66. The monoisotopic (exact) mass is 176 g/mol. The molecule has 0 bridgehead atoms. The van der Waals surface area contributed by atoms with E-state index in [4.69, 9.17) is 15.4 Å². The lowest BCUT2D eigenvalue weighted by Crippen LogP contribution is -1.85. The minimum absolute atomic E-state index is 0.214. The number of hydrogen-bond acceptors (Lipinski definition) is 4. The molecule has 1 aromatic carbocycles. The van der Waals surface area contributed by atoms with E-state index in [1.807, 2.05) is 0 Å². The van der Waals surface area contributed by atoms with Crippen molar-refractivity contribution in [2.75, 3.05) is 5.73 Å². The lowest BCUT2D eigenvalue weighted by Gasteiger charge is -1.96. The van der Waals surface area contributed by atoms with E-state index in [1.165, 1.54) is 6.26 Å². The molecule has 0 spiro atoms. The lowest BCUT2D eigenvalue weighted by atomic mass is 10.1. The van der Waals surface area contributed by atoms with Gasteiger partial charge in [0.25, 0.3) is 0 Å². The summed E-state index contributed by atoms with van der Waals surface area (Å²) in [6.45, 7) is 0. The summed E-state index contributed by atoms with van der Waals surface area (Å²) in [5, 5.41) is 12.8. The Morgan fingerprint density at radius 1 is 1.23 bits per heavy atom. The van der Waals surface area contributed by atoms with Crippen LogP contribution in [0.1, 0.15) is 0 Å². The minimum Gasteiger partial charge on any atom is -0.508 e. The molecule has 0 radical (unpaired) electrons. The van der Waals surface area contributed by atoms with Crippen molar-refractivity contribution in [2.45, 2.75) is 0 Å². The lowest BCUT2D eigenvalue weighted by molar-refractivity contribution is 0.422. The summed E-state index contributed by atoms with van der Waals surface area (Å²) >= 11 is 0. The molecular formula is C9H8N2O2. The van der Waals surface area contributed by atoms with Crippen LogP contribution in [0.15, 0.2) is 35.1 Å². The number of nitrogen functional groups attached to an aromatic ring is 1. The van der Waals surface area contributed by atoms with Gasteiger partial charge in [-0.05, 0) is 24.3 Å². The van der Waals surface area contributed by atoms with E-state index < -0.39 is 0 Å². The average Bonchev–Trinajstić information content (AvgIpc) is 2.53. The number of benzene rings is 1. The average molecular weight is 176 g/mol. The third kappa shape index (κ3) is 1.33. The molecule has 0 aliphatic carbocycles. The highest BCUT2D eigenvalue weighted by molar-refractivity contribution is 5.71. The van der Waals surface area contributed by atoms with Crippen LogP contribution in [0.25, 0.3) is 11.3 Å². The van der Waals surface area contributed by atoms with Gasteiger partial charge in [0.05, 0.1) is 0 Å². The normalized spacial score (nSPS) is 10.2. The predicted molar refractivity (Wildman–Crippen MR) is 48.0 cm³/mol. The van der Waals surface area contributed by atoms with Gasteiger partial charge in [0.1, 0.15) is 23.4 Å². The maximum absolute atomic E-state index is 9.05. The highest BCUT2D eigenvalue weighted by atomic mass is 16.5. The summed E-state index contributed by atoms with van der Waals surface area (Å²) in [5.41, 5.74) is 7.50. The number of nitrogens with zero attached hydrogens (tertiary/aromatic N) is 1. The molecule has 4 heteroatoms. The third-order valence-corrected chi connectivity index (χ3v) is 1.74. The molecule has 0 saturated heterocycles. The van der Waals surface area contributed by atoms with Crippen LogP contribution in [-0.4, -0.2) is 10.3 Å². The fraction of sp³-hybridized carbons (Fsp3) is 0. The molecule has 1 aromatic heterocycles. The Morgan fingerprint density at radius 2 is 1.92 bits per heavy atom. The van der Waals surface area contributed by atoms with Crippen LogP contribution in [-0.2, 0) is 0 Å². The Bertz CT molecular complexity index is 406. The standard InChI is InChI=1S/C9H8N2O2/c10-8-5-13-11-9(8)6-1-3-7(12)4-2-6/h1-5,12H,10H2. The number of nitrogens with two attached hydrogens (primary N) is 1. The quantitative estimate of drug-likeness (QED) is 0.692. The first kappa shape index (κ1) is 7.67. The molecule has 0 saturated carbocycles. The first-order valence-electron chi connectivity index (χ1n) is 3.76. The molecule has 0 aliphatic heterocycles. The molecule has 0 fully saturated rings. The second kappa shape index (κ2) is 2.82. The number of aromatic hydroxyl groups is 1. The van der Waals surface area contributed by atoms with E-state index in [1.54, 1.807) is 24.3 Å². The fourth-order valence-corrected chi connectivity index (χ4v) is 1.08. The highest BCUT2D eigenvalue weighted by Crippen LogP contribution is 2.25. The molecule has 66 valence electrons. The molecule has 4 nitrogen and oxygen atoms in total. The second-order valence-electron chi connectivity index (χ2n) is 2.67. The van der Waals surface area contributed by atoms with Crippen LogP contribution in [0.5, 0.6) is 5.75 Å². The molecule has 3 N–H and O–H groups in total. The number of rotatable bonds is 1. The van der Waals surface area contributed by atoms with Crippen LogP contribution < -0.4 is 5.73 Å². The smallest absolute Gasteiger partial charge is 0.147 e. The molecular weight excluding hydrogens is 168 g/mol. The Labute approximate surface area is 74.6 Å². The Balaban J connectivity index is 2.47. The van der Waals surface area contributed by atoms with Gasteiger partial charge >= 0.3 is 0 Å². The molecule has 2 rings (SSSR count). The summed E-state index contributed by atoms with van der Waals surface area (Å²) in [6, 6.07) is 6.60. The Hall–Kier alpha value is -1.97. The SMILES string of the molecule is Nc1conc1-c1ccc(O)cc1. The predicted octanol–water partition coefficient (Wildman–Crippen LogP) is 1.63. The maximum atomic E-state index is 9.05. The van der Waals surface area contributed by atoms with E-state index >= 15 is 0 Å². The fourth-order valence-electron chi connectivity index (χ4n) is 1.08. The summed E-state index contributed by atoms with van der Waals surface area (Å²) < 4.78 is 4.69. The van der Waals surface area contributed by atoms with Crippen molar-refractivity contribution in [1.82, 2.24) is 5.16 Å². The molecule has 0 aliphatic rings. The van der Waals surface area contributed by atoms with Gasteiger partial charge in [-0.25, -0.2) is 0 Å². The molecule has 0 atom stereocenters. The molecule has 2 aromatic rings. The van der Waals surface area contributed by atoms with Gasteiger partial charge < -0.3 is 15.4 Å². The van der Waals surface area contributed by atoms with Crippen LogP contribution in [0.4, 0.5) is 5.69 Å². The molecule has 1 heterocycles. The zero-order chi connectivity index (χ0) is 9.26. The van der Waals surface area contributed by atoms with Gasteiger partial charge in [-0.15, -0.1) is 0 Å². The van der Waals surface area contributed by atoms with Crippen molar-refractivity contribution in [3.8, 4) is 17.0 Å². The van der Waals surface area contributed by atoms with Crippen LogP contribution in [0.3, 0.4) is 0 Å². The van der Waals surface area contributed by atoms with E-state index in [2.05, 4.69) is 5.16 Å². The minimum atomic E-state index is 0.214. The van der Waals surface area contributed by atoms with Crippen LogP contribution in [0, 0.1) is 0 Å². The van der Waals surface area contributed by atoms with Gasteiger partial charge in [-0.2, -0.15) is 0 Å². The van der Waals surface area contributed by atoms with E-state index in [-0.39, 0.29) is 5.75 Å². The van der Waals surface area contributed by atoms with Crippen molar-refractivity contribution in [3.05, 3.63) is 30.5 Å². The molecule has 13 heavy (non-hydrogen) atoms. The van der Waals surface area contributed by atoms with Crippen LogP contribution in [0.2, 0.25) is 0 Å². The van der Waals surface area contributed by atoms with Crippen molar-refractivity contribution in [3.63, 3.8) is 0 Å². The molecule has 0 unspecified atom stereocenters. The zero-order valence-corrected chi connectivity index (χ0v) is 6.77. The number of phenolic OH excluding ortho intramolecular Hbond substituents is 1. The number of anilines is 1. The van der Waals surface area contributed by atoms with E-state index in [0.29, 0.717) is 11.4 Å².